The predicted molar refractivity (Wildman–Crippen MR) is 113 cm³/mol. The van der Waals surface area contributed by atoms with Crippen LogP contribution >= 0.6 is 11.3 Å². The third kappa shape index (κ3) is 4.34. The molecule has 5 nitrogen and oxygen atoms in total. The van der Waals surface area contributed by atoms with Crippen LogP contribution in [-0.2, 0) is 14.3 Å². The maximum absolute atomic E-state index is 13.3. The van der Waals surface area contributed by atoms with Crippen LogP contribution in [0, 0.1) is 5.92 Å². The van der Waals surface area contributed by atoms with Gasteiger partial charge in [-0.15, -0.1) is 24.5 Å². The van der Waals surface area contributed by atoms with Gasteiger partial charge in [0, 0.05) is 40.1 Å². The second-order valence-corrected chi connectivity index (χ2v) is 8.73. The Morgan fingerprint density at radius 1 is 1.16 bits per heavy atom. The molecule has 1 aliphatic carbocycles. The monoisotopic (exact) mass is 463 g/mol. The lowest BCUT2D eigenvalue weighted by Crippen LogP contribution is -2.37. The number of nitrogens with zero attached hydrogens (tertiary/aromatic N) is 1. The van der Waals surface area contributed by atoms with Crippen LogP contribution in [0.3, 0.4) is 0 Å². The Hall–Kier alpha value is -2.94. The van der Waals surface area contributed by atoms with Gasteiger partial charge in [0.25, 0.3) is 0 Å². The topological polar surface area (TPSA) is 65.0 Å². The van der Waals surface area contributed by atoms with E-state index in [2.05, 4.69) is 9.73 Å². The summed E-state index contributed by atoms with van der Waals surface area (Å²) in [5.41, 5.74) is 2.09. The molecule has 1 aliphatic heterocycles. The van der Waals surface area contributed by atoms with Crippen LogP contribution in [0.4, 0.5) is 13.2 Å². The van der Waals surface area contributed by atoms with Crippen molar-refractivity contribution in [2.24, 2.45) is 10.9 Å². The summed E-state index contributed by atoms with van der Waals surface area (Å²) in [5, 5.41) is 1.96. The minimum atomic E-state index is -4.81. The maximum Gasteiger partial charge on any atom is 0.573 e. The number of esters is 1. The fraction of sp³-hybridized carbons (Fsp3) is 0.348. The van der Waals surface area contributed by atoms with E-state index in [4.69, 9.17) is 4.74 Å². The first-order chi connectivity index (χ1) is 15.2. The zero-order valence-corrected chi connectivity index (χ0v) is 18.1. The highest BCUT2D eigenvalue weighted by Crippen LogP contribution is 2.47. The van der Waals surface area contributed by atoms with E-state index < -0.39 is 24.2 Å². The molecule has 0 N–H and O–H groups in total. The molecule has 0 fully saturated rings. The van der Waals surface area contributed by atoms with E-state index >= 15 is 0 Å². The van der Waals surface area contributed by atoms with E-state index in [-0.39, 0.29) is 23.9 Å². The summed E-state index contributed by atoms with van der Waals surface area (Å²) in [7, 11) is 1.26. The molecule has 2 heterocycles. The van der Waals surface area contributed by atoms with E-state index in [9.17, 15) is 22.8 Å². The molecule has 2 aliphatic rings. The first-order valence-corrected chi connectivity index (χ1v) is 10.8. The van der Waals surface area contributed by atoms with Crippen LogP contribution in [0.5, 0.6) is 5.75 Å². The van der Waals surface area contributed by atoms with Gasteiger partial charge in [-0.3, -0.25) is 14.6 Å². The molecule has 9 heteroatoms. The first kappa shape index (κ1) is 22.3. The number of ketones is 1. The summed E-state index contributed by atoms with van der Waals surface area (Å²) in [6.07, 6.45) is -3.97. The molecule has 0 amide bonds. The highest BCUT2D eigenvalue weighted by molar-refractivity contribution is 7.10. The Morgan fingerprint density at radius 2 is 1.88 bits per heavy atom. The zero-order chi connectivity index (χ0) is 23.0. The third-order valence-electron chi connectivity index (χ3n) is 5.76. The minimum absolute atomic E-state index is 0.00990. The number of Topliss-reactive ketones (excluding diaryl/α,β-unsaturated/α-hetero) is 1. The number of alkyl halides is 3. The van der Waals surface area contributed by atoms with Crippen molar-refractivity contribution in [1.29, 1.82) is 0 Å². The van der Waals surface area contributed by atoms with Crippen molar-refractivity contribution in [3.05, 3.63) is 63.5 Å². The fourth-order valence-corrected chi connectivity index (χ4v) is 5.28. The number of benzene rings is 1. The molecular formula is C23H20F3NO4S. The Morgan fingerprint density at radius 3 is 2.47 bits per heavy atom. The van der Waals surface area contributed by atoms with Gasteiger partial charge in [0.15, 0.2) is 5.78 Å². The minimum Gasteiger partial charge on any atom is -0.468 e. The molecule has 0 bridgehead atoms. The van der Waals surface area contributed by atoms with Gasteiger partial charge in [-0.2, -0.15) is 0 Å². The van der Waals surface area contributed by atoms with E-state index in [0.717, 1.165) is 4.88 Å². The molecule has 32 heavy (non-hydrogen) atoms. The Kier molecular flexibility index (Phi) is 5.94. The van der Waals surface area contributed by atoms with Crippen LogP contribution in [-0.4, -0.2) is 30.9 Å². The van der Waals surface area contributed by atoms with Gasteiger partial charge in [-0.1, -0.05) is 18.2 Å². The summed E-state index contributed by atoms with van der Waals surface area (Å²) >= 11 is 1.58. The van der Waals surface area contributed by atoms with E-state index in [1.807, 2.05) is 17.5 Å². The van der Waals surface area contributed by atoms with Gasteiger partial charge in [0.2, 0.25) is 0 Å². The normalized spacial score (nSPS) is 23.5. The summed E-state index contributed by atoms with van der Waals surface area (Å²) < 4.78 is 46.5. The lowest BCUT2D eigenvalue weighted by Gasteiger charge is -2.36. The number of methoxy groups -OCH3 is 1. The molecule has 0 spiro atoms. The number of carbonyl (C=O) groups is 2. The van der Waals surface area contributed by atoms with Gasteiger partial charge in [-0.25, -0.2) is 0 Å². The van der Waals surface area contributed by atoms with Crippen LogP contribution in [0.1, 0.15) is 42.0 Å². The molecule has 4 rings (SSSR count). The van der Waals surface area contributed by atoms with Gasteiger partial charge in [-0.05, 0) is 42.5 Å². The van der Waals surface area contributed by atoms with Crippen molar-refractivity contribution < 1.29 is 32.2 Å². The lowest BCUT2D eigenvalue weighted by molar-refractivity contribution is -0.274. The molecule has 2 aromatic rings. The number of hydrogen-bond donors (Lipinski definition) is 0. The van der Waals surface area contributed by atoms with Crippen molar-refractivity contribution >= 4 is 28.8 Å². The number of halogens is 3. The van der Waals surface area contributed by atoms with Crippen molar-refractivity contribution in [3.8, 4) is 5.75 Å². The van der Waals surface area contributed by atoms with Crippen molar-refractivity contribution in [2.75, 3.05) is 7.11 Å². The van der Waals surface area contributed by atoms with Gasteiger partial charge >= 0.3 is 12.3 Å². The zero-order valence-electron chi connectivity index (χ0n) is 17.3. The average Bonchev–Trinajstić information content (AvgIpc) is 3.26. The van der Waals surface area contributed by atoms with E-state index in [1.165, 1.54) is 31.4 Å². The molecule has 1 unspecified atom stereocenters. The highest BCUT2D eigenvalue weighted by atomic mass is 32.1. The summed E-state index contributed by atoms with van der Waals surface area (Å²) in [4.78, 5) is 31.6. The third-order valence-corrected chi connectivity index (χ3v) is 6.80. The van der Waals surface area contributed by atoms with Crippen LogP contribution in [0.25, 0.3) is 0 Å². The summed E-state index contributed by atoms with van der Waals surface area (Å²) in [5.74, 6) is -2.56. The van der Waals surface area contributed by atoms with Crippen LogP contribution in [0.2, 0.25) is 0 Å². The summed E-state index contributed by atoms with van der Waals surface area (Å²) in [6, 6.07) is 9.18. The van der Waals surface area contributed by atoms with Gasteiger partial charge in [0.1, 0.15) is 11.7 Å². The number of hydrogen-bond acceptors (Lipinski definition) is 6. The largest absolute Gasteiger partial charge is 0.573 e. The fourth-order valence-electron chi connectivity index (χ4n) is 4.45. The van der Waals surface area contributed by atoms with Crippen LogP contribution in [0.15, 0.2) is 58.0 Å². The molecule has 0 saturated carbocycles. The van der Waals surface area contributed by atoms with Crippen molar-refractivity contribution in [1.82, 2.24) is 0 Å². The predicted octanol–water partition coefficient (Wildman–Crippen LogP) is 5.39. The molecule has 3 atom stereocenters. The maximum atomic E-state index is 13.3. The average molecular weight is 463 g/mol. The molecule has 168 valence electrons. The molecular weight excluding hydrogens is 443 g/mol. The van der Waals surface area contributed by atoms with Crippen molar-refractivity contribution in [2.45, 2.75) is 38.0 Å². The highest BCUT2D eigenvalue weighted by Gasteiger charge is 2.44. The number of rotatable bonds is 4. The Bertz CT molecular complexity index is 1090. The second-order valence-electron chi connectivity index (χ2n) is 7.75. The standard InChI is InChI=1S/C23H20F3NO4S/c1-12-19(22(29)30-2)20(13-5-7-15(8-6-13)31-23(24,25)26)21-16(27-12)10-14(11-17(21)28)18-4-3-9-32-18/h3-9,14,19-20H,10-11H2,1-2H3/t14-,19?,20-/m1/s1. The van der Waals surface area contributed by atoms with E-state index in [0.29, 0.717) is 29.0 Å². The van der Waals surface area contributed by atoms with Gasteiger partial charge in [0.05, 0.1) is 7.11 Å². The first-order valence-electron chi connectivity index (χ1n) is 9.96. The smallest absolute Gasteiger partial charge is 0.468 e. The number of allylic oxidation sites excluding steroid dienone is 2. The van der Waals surface area contributed by atoms with Crippen LogP contribution < -0.4 is 4.74 Å². The Labute approximate surface area is 186 Å². The quantitative estimate of drug-likeness (QED) is 0.570. The molecule has 0 saturated heterocycles. The number of aliphatic imine (C=N–C) groups is 1. The van der Waals surface area contributed by atoms with Crippen molar-refractivity contribution in [3.63, 3.8) is 0 Å². The Balaban J connectivity index is 1.76. The molecule has 1 aromatic heterocycles. The SMILES string of the molecule is COC(=O)C1C(C)=NC2=C(C(=O)C[C@H](c3cccs3)C2)[C@@H]1c1ccc(OC(F)(F)F)cc1. The van der Waals surface area contributed by atoms with Gasteiger partial charge < -0.3 is 9.47 Å². The van der Waals surface area contributed by atoms with E-state index in [1.54, 1.807) is 18.3 Å². The molecule has 0 radical (unpaired) electrons. The summed E-state index contributed by atoms with van der Waals surface area (Å²) in [6.45, 7) is 1.71. The number of carbonyl (C=O) groups excluding carboxylic acids is 2. The number of thiophene rings is 1. The lowest BCUT2D eigenvalue weighted by atomic mass is 9.70. The molecule has 1 aromatic carbocycles. The second kappa shape index (κ2) is 8.54. The number of ether oxygens (including phenoxy) is 2.